The van der Waals surface area contributed by atoms with Crippen LogP contribution in [0.3, 0.4) is 0 Å². The Morgan fingerprint density at radius 1 is 1.14 bits per heavy atom. The summed E-state index contributed by atoms with van der Waals surface area (Å²) in [6, 6.07) is 8.95. The lowest BCUT2D eigenvalue weighted by Gasteiger charge is -2.02. The number of rotatable bonds is 0. The summed E-state index contributed by atoms with van der Waals surface area (Å²) in [4.78, 5) is 11.6. The first-order valence-corrected chi connectivity index (χ1v) is 4.54. The third-order valence-corrected chi connectivity index (χ3v) is 2.76. The first-order valence-electron chi connectivity index (χ1n) is 4.54. The fourth-order valence-electron chi connectivity index (χ4n) is 2.11. The molecule has 1 aliphatic rings. The summed E-state index contributed by atoms with van der Waals surface area (Å²) < 4.78 is 0. The molecule has 0 amide bonds. The second-order valence-corrected chi connectivity index (χ2v) is 3.57. The van der Waals surface area contributed by atoms with E-state index in [1.165, 1.54) is 0 Å². The molecule has 0 aromatic heterocycles. The second kappa shape index (κ2) is 2.35. The van der Waals surface area contributed by atoms with Gasteiger partial charge in [0.1, 0.15) is 5.75 Å². The van der Waals surface area contributed by atoms with Crippen LogP contribution in [0.2, 0.25) is 0 Å². The van der Waals surface area contributed by atoms with Crippen molar-refractivity contribution in [1.82, 2.24) is 0 Å². The highest BCUT2D eigenvalue weighted by Crippen LogP contribution is 2.35. The zero-order valence-electron chi connectivity index (χ0n) is 7.45. The van der Waals surface area contributed by atoms with Crippen LogP contribution in [0, 0.1) is 0 Å². The molecule has 0 bridgehead atoms. The largest absolute Gasteiger partial charge is 0.507 e. The van der Waals surface area contributed by atoms with E-state index in [2.05, 4.69) is 0 Å². The van der Waals surface area contributed by atoms with Crippen LogP contribution in [0.5, 0.6) is 5.75 Å². The molecule has 0 saturated carbocycles. The average molecular weight is 184 g/mol. The number of phenolic OH excluding ortho intramolecular Hbond substituents is 1. The number of phenols is 1. The van der Waals surface area contributed by atoms with Gasteiger partial charge in [-0.25, -0.2) is 0 Å². The molecule has 2 aromatic carbocycles. The lowest BCUT2D eigenvalue weighted by Crippen LogP contribution is -1.92. The van der Waals surface area contributed by atoms with Gasteiger partial charge in [-0.1, -0.05) is 24.3 Å². The quantitative estimate of drug-likeness (QED) is 0.682. The van der Waals surface area contributed by atoms with Crippen LogP contribution in [-0.4, -0.2) is 10.9 Å². The summed E-state index contributed by atoms with van der Waals surface area (Å²) >= 11 is 0. The Labute approximate surface area is 80.8 Å². The van der Waals surface area contributed by atoms with E-state index in [1.807, 2.05) is 24.3 Å². The highest BCUT2D eigenvalue weighted by Gasteiger charge is 2.22. The minimum absolute atomic E-state index is 0.149. The molecule has 0 unspecified atom stereocenters. The van der Waals surface area contributed by atoms with Gasteiger partial charge >= 0.3 is 0 Å². The molecular formula is C12H8O2. The Morgan fingerprint density at radius 3 is 2.86 bits per heavy atom. The molecule has 0 fully saturated rings. The Balaban J connectivity index is 2.58. The summed E-state index contributed by atoms with van der Waals surface area (Å²) in [6.07, 6.45) is 0.468. The molecule has 1 aliphatic carbocycles. The van der Waals surface area contributed by atoms with Crippen molar-refractivity contribution in [3.05, 3.63) is 41.5 Å². The monoisotopic (exact) mass is 184 g/mol. The van der Waals surface area contributed by atoms with Crippen molar-refractivity contribution in [3.63, 3.8) is 0 Å². The molecule has 68 valence electrons. The Morgan fingerprint density at radius 2 is 2.00 bits per heavy atom. The van der Waals surface area contributed by atoms with E-state index in [-0.39, 0.29) is 11.5 Å². The summed E-state index contributed by atoms with van der Waals surface area (Å²) in [7, 11) is 0. The van der Waals surface area contributed by atoms with E-state index < -0.39 is 0 Å². The maximum Gasteiger partial charge on any atom is 0.167 e. The predicted octanol–water partition coefficient (Wildman–Crippen LogP) is 2.28. The number of hydrogen-bond donors (Lipinski definition) is 1. The van der Waals surface area contributed by atoms with Gasteiger partial charge in [-0.2, -0.15) is 0 Å². The van der Waals surface area contributed by atoms with Gasteiger partial charge in [-0.05, 0) is 17.0 Å². The molecular weight excluding hydrogens is 176 g/mol. The lowest BCUT2D eigenvalue weighted by atomic mass is 10.0. The van der Waals surface area contributed by atoms with Crippen molar-refractivity contribution in [2.24, 2.45) is 0 Å². The number of benzene rings is 2. The molecule has 14 heavy (non-hydrogen) atoms. The van der Waals surface area contributed by atoms with Gasteiger partial charge in [0.25, 0.3) is 0 Å². The van der Waals surface area contributed by atoms with E-state index in [9.17, 15) is 9.90 Å². The molecule has 0 radical (unpaired) electrons. The number of carbonyl (C=O) groups excluding carboxylic acids is 1. The predicted molar refractivity (Wildman–Crippen MR) is 53.6 cm³/mol. The van der Waals surface area contributed by atoms with E-state index in [0.29, 0.717) is 6.42 Å². The summed E-state index contributed by atoms with van der Waals surface area (Å²) in [5, 5.41) is 11.3. The van der Waals surface area contributed by atoms with Crippen LogP contribution in [-0.2, 0) is 6.42 Å². The van der Waals surface area contributed by atoms with Crippen molar-refractivity contribution in [2.45, 2.75) is 6.42 Å². The van der Waals surface area contributed by atoms with Crippen LogP contribution >= 0.6 is 0 Å². The second-order valence-electron chi connectivity index (χ2n) is 3.57. The molecule has 2 nitrogen and oxygen atoms in total. The normalized spacial score (nSPS) is 13.9. The summed E-state index contributed by atoms with van der Waals surface area (Å²) in [5.41, 5.74) is 1.77. The molecule has 3 rings (SSSR count). The first-order chi connectivity index (χ1) is 6.77. The number of carbonyl (C=O) groups is 1. The molecule has 0 spiro atoms. The maximum absolute atomic E-state index is 11.6. The minimum atomic E-state index is 0.149. The topological polar surface area (TPSA) is 37.3 Å². The molecule has 0 aliphatic heterocycles. The number of hydrogen-bond acceptors (Lipinski definition) is 2. The standard InChI is InChI=1S/C12H8O2/c13-10-5-4-7-6-11(14)9-3-1-2-8(10)12(7)9/h1-5,13H,6H2. The number of aromatic hydroxyl groups is 1. The highest BCUT2D eigenvalue weighted by molar-refractivity contribution is 6.16. The first kappa shape index (κ1) is 7.56. The van der Waals surface area contributed by atoms with Crippen molar-refractivity contribution in [2.75, 3.05) is 0 Å². The summed E-state index contributed by atoms with van der Waals surface area (Å²) in [5.74, 6) is 0.400. The van der Waals surface area contributed by atoms with Gasteiger partial charge in [0.15, 0.2) is 5.78 Å². The van der Waals surface area contributed by atoms with Crippen molar-refractivity contribution >= 4 is 16.6 Å². The molecule has 0 saturated heterocycles. The van der Waals surface area contributed by atoms with Crippen molar-refractivity contribution < 1.29 is 9.90 Å². The van der Waals surface area contributed by atoms with Gasteiger partial charge in [-0.3, -0.25) is 4.79 Å². The van der Waals surface area contributed by atoms with Gasteiger partial charge in [0.2, 0.25) is 0 Å². The molecule has 2 heteroatoms. The van der Waals surface area contributed by atoms with Crippen LogP contribution in [0.1, 0.15) is 15.9 Å². The van der Waals surface area contributed by atoms with Gasteiger partial charge in [0.05, 0.1) is 0 Å². The fraction of sp³-hybridized carbons (Fsp3) is 0.0833. The van der Waals surface area contributed by atoms with Crippen molar-refractivity contribution in [3.8, 4) is 5.75 Å². The summed E-state index contributed by atoms with van der Waals surface area (Å²) in [6.45, 7) is 0. The van der Waals surface area contributed by atoms with E-state index in [1.54, 1.807) is 6.07 Å². The maximum atomic E-state index is 11.6. The Hall–Kier alpha value is -1.83. The third kappa shape index (κ3) is 0.777. The zero-order chi connectivity index (χ0) is 9.71. The Bertz CT molecular complexity index is 555. The number of ketones is 1. The zero-order valence-corrected chi connectivity index (χ0v) is 7.45. The van der Waals surface area contributed by atoms with E-state index in [0.717, 1.165) is 21.9 Å². The van der Waals surface area contributed by atoms with E-state index in [4.69, 9.17) is 0 Å². The molecule has 2 aromatic rings. The molecule has 0 atom stereocenters. The lowest BCUT2D eigenvalue weighted by molar-refractivity contribution is 0.1000. The van der Waals surface area contributed by atoms with E-state index >= 15 is 0 Å². The highest BCUT2D eigenvalue weighted by atomic mass is 16.3. The van der Waals surface area contributed by atoms with Crippen molar-refractivity contribution in [1.29, 1.82) is 0 Å². The van der Waals surface area contributed by atoms with Crippen LogP contribution < -0.4 is 0 Å². The Kier molecular flexibility index (Phi) is 1.27. The SMILES string of the molecule is O=C1Cc2ccc(O)c3cccc1c23. The van der Waals surface area contributed by atoms with Crippen LogP contribution in [0.4, 0.5) is 0 Å². The van der Waals surface area contributed by atoms with Crippen LogP contribution in [0.15, 0.2) is 30.3 Å². The van der Waals surface area contributed by atoms with Gasteiger partial charge in [0, 0.05) is 17.4 Å². The smallest absolute Gasteiger partial charge is 0.167 e. The van der Waals surface area contributed by atoms with Crippen LogP contribution in [0.25, 0.3) is 10.8 Å². The minimum Gasteiger partial charge on any atom is -0.507 e. The van der Waals surface area contributed by atoms with Gasteiger partial charge in [-0.15, -0.1) is 0 Å². The fourth-order valence-corrected chi connectivity index (χ4v) is 2.11. The number of Topliss-reactive ketones (excluding diaryl/α,β-unsaturated/α-hetero) is 1. The average Bonchev–Trinajstić information content (AvgIpc) is 2.52. The van der Waals surface area contributed by atoms with Gasteiger partial charge < -0.3 is 5.11 Å². The molecule has 1 N–H and O–H groups in total. The third-order valence-electron chi connectivity index (χ3n) is 2.76. The molecule has 0 heterocycles.